The molecule has 1 saturated carbocycles. The Balaban J connectivity index is 1.55. The number of nitrogens with zero attached hydrogens (tertiary/aromatic N) is 4. The largest absolute Gasteiger partial charge is 0.468 e. The summed E-state index contributed by atoms with van der Waals surface area (Å²) >= 11 is 0. The molecule has 1 atom stereocenters. The second-order valence-electron chi connectivity index (χ2n) is 7.51. The summed E-state index contributed by atoms with van der Waals surface area (Å²) in [5.41, 5.74) is 0.0238. The van der Waals surface area contributed by atoms with E-state index in [-0.39, 0.29) is 18.5 Å². The van der Waals surface area contributed by atoms with Gasteiger partial charge in [-0.25, -0.2) is 4.68 Å². The first kappa shape index (κ1) is 16.3. The Labute approximate surface area is 146 Å². The number of aromatic nitrogens is 3. The first-order valence-electron chi connectivity index (χ1n) is 8.99. The van der Waals surface area contributed by atoms with Gasteiger partial charge in [0.1, 0.15) is 17.1 Å². The summed E-state index contributed by atoms with van der Waals surface area (Å²) in [6, 6.07) is 1.93. The van der Waals surface area contributed by atoms with E-state index in [1.54, 1.807) is 28.1 Å². The van der Waals surface area contributed by atoms with Gasteiger partial charge in [0.25, 0.3) is 5.91 Å². The summed E-state index contributed by atoms with van der Waals surface area (Å²) in [6.07, 6.45) is 6.84. The molecule has 1 N–H and O–H groups in total. The fourth-order valence-corrected chi connectivity index (χ4v) is 3.49. The van der Waals surface area contributed by atoms with Gasteiger partial charge >= 0.3 is 0 Å². The van der Waals surface area contributed by atoms with Crippen LogP contribution in [-0.2, 0) is 5.60 Å². The third-order valence-corrected chi connectivity index (χ3v) is 5.15. The smallest absolute Gasteiger partial charge is 0.257 e. The van der Waals surface area contributed by atoms with Crippen molar-refractivity contribution in [3.05, 3.63) is 35.5 Å². The van der Waals surface area contributed by atoms with Crippen LogP contribution in [0, 0.1) is 0 Å². The minimum Gasteiger partial charge on any atom is -0.468 e. The molecule has 7 heteroatoms. The molecule has 3 heterocycles. The molecular formula is C18H24N4O3. The third-order valence-electron chi connectivity index (χ3n) is 5.15. The fraction of sp³-hybridized carbons (Fsp3) is 0.611. The average Bonchev–Trinajstić information content (AvgIpc) is 3.12. The van der Waals surface area contributed by atoms with Gasteiger partial charge in [-0.2, -0.15) is 0 Å². The van der Waals surface area contributed by atoms with Gasteiger partial charge in [-0.3, -0.25) is 4.79 Å². The number of furan rings is 1. The second-order valence-corrected chi connectivity index (χ2v) is 7.51. The van der Waals surface area contributed by atoms with Crippen molar-refractivity contribution in [2.75, 3.05) is 13.1 Å². The van der Waals surface area contributed by atoms with E-state index in [0.29, 0.717) is 30.1 Å². The van der Waals surface area contributed by atoms with Crippen LogP contribution in [0.3, 0.4) is 0 Å². The number of aliphatic hydroxyl groups is 1. The van der Waals surface area contributed by atoms with Crippen LogP contribution >= 0.6 is 0 Å². The van der Waals surface area contributed by atoms with Crippen molar-refractivity contribution in [3.8, 4) is 0 Å². The van der Waals surface area contributed by atoms with Crippen LogP contribution in [0.25, 0.3) is 0 Å². The zero-order valence-electron chi connectivity index (χ0n) is 14.7. The topological polar surface area (TPSA) is 84.4 Å². The van der Waals surface area contributed by atoms with E-state index >= 15 is 0 Å². The molecule has 2 aliphatic rings. The lowest BCUT2D eigenvalue weighted by Crippen LogP contribution is -2.48. The van der Waals surface area contributed by atoms with Crippen molar-refractivity contribution in [1.29, 1.82) is 0 Å². The Morgan fingerprint density at radius 2 is 2.24 bits per heavy atom. The minimum absolute atomic E-state index is 0.0648. The van der Waals surface area contributed by atoms with E-state index in [0.717, 1.165) is 25.0 Å². The molecule has 1 amide bonds. The maximum absolute atomic E-state index is 13.0. The lowest BCUT2D eigenvalue weighted by molar-refractivity contribution is -0.0321. The molecule has 1 saturated heterocycles. The van der Waals surface area contributed by atoms with E-state index in [2.05, 4.69) is 10.3 Å². The van der Waals surface area contributed by atoms with Crippen molar-refractivity contribution in [2.45, 2.75) is 57.1 Å². The summed E-state index contributed by atoms with van der Waals surface area (Å²) in [7, 11) is 0. The highest BCUT2D eigenvalue weighted by atomic mass is 16.3. The van der Waals surface area contributed by atoms with Crippen LogP contribution in [0.5, 0.6) is 0 Å². The zero-order valence-corrected chi connectivity index (χ0v) is 14.7. The fourth-order valence-electron chi connectivity index (χ4n) is 3.49. The van der Waals surface area contributed by atoms with Gasteiger partial charge in [0.15, 0.2) is 0 Å². The zero-order chi connectivity index (χ0) is 17.6. The molecule has 2 aromatic heterocycles. The number of carbonyl (C=O) groups is 1. The van der Waals surface area contributed by atoms with Crippen LogP contribution in [0.4, 0.5) is 0 Å². The maximum Gasteiger partial charge on any atom is 0.257 e. The first-order valence-corrected chi connectivity index (χ1v) is 8.99. The SMILES string of the molecule is CC(C)n1cc(C2(O)CCCN(C(=O)c3ccoc3C3CC3)C2)nn1. The predicted octanol–water partition coefficient (Wildman–Crippen LogP) is 2.45. The van der Waals surface area contributed by atoms with Crippen LogP contribution in [0.2, 0.25) is 0 Å². The highest BCUT2D eigenvalue weighted by Gasteiger charge is 2.41. The molecule has 7 nitrogen and oxygen atoms in total. The summed E-state index contributed by atoms with van der Waals surface area (Å²) in [5, 5.41) is 19.4. The second kappa shape index (κ2) is 5.98. The number of β-amino-alcohol motifs (C(OH)–C–C–N with tert-alkyl or cyclic N) is 1. The summed E-state index contributed by atoms with van der Waals surface area (Å²) < 4.78 is 7.26. The van der Waals surface area contributed by atoms with E-state index in [1.807, 2.05) is 13.8 Å². The first-order chi connectivity index (χ1) is 12.0. The normalized spacial score (nSPS) is 24.1. The number of piperidine rings is 1. The van der Waals surface area contributed by atoms with Crippen molar-refractivity contribution < 1.29 is 14.3 Å². The Morgan fingerprint density at radius 3 is 2.92 bits per heavy atom. The number of hydrogen-bond donors (Lipinski definition) is 1. The van der Waals surface area contributed by atoms with E-state index in [9.17, 15) is 9.90 Å². The Kier molecular flexibility index (Phi) is 3.91. The van der Waals surface area contributed by atoms with Gasteiger partial charge < -0.3 is 14.4 Å². The highest BCUT2D eigenvalue weighted by Crippen LogP contribution is 2.42. The van der Waals surface area contributed by atoms with Gasteiger partial charge in [-0.1, -0.05) is 5.21 Å². The summed E-state index contributed by atoms with van der Waals surface area (Å²) in [5.74, 6) is 1.11. The average molecular weight is 344 g/mol. The van der Waals surface area contributed by atoms with Gasteiger partial charge in [-0.15, -0.1) is 5.10 Å². The maximum atomic E-state index is 13.0. The molecule has 0 bridgehead atoms. The van der Waals surface area contributed by atoms with Gasteiger partial charge in [0.05, 0.1) is 24.6 Å². The summed E-state index contributed by atoms with van der Waals surface area (Å²) in [4.78, 5) is 14.7. The number of hydrogen-bond acceptors (Lipinski definition) is 5. The molecular weight excluding hydrogens is 320 g/mol. The molecule has 0 radical (unpaired) electrons. The van der Waals surface area contributed by atoms with Crippen molar-refractivity contribution in [1.82, 2.24) is 19.9 Å². The van der Waals surface area contributed by atoms with Gasteiger partial charge in [-0.05, 0) is 45.6 Å². The Bertz CT molecular complexity index is 777. The number of rotatable bonds is 4. The van der Waals surface area contributed by atoms with Crippen molar-refractivity contribution in [2.24, 2.45) is 0 Å². The Morgan fingerprint density at radius 1 is 1.44 bits per heavy atom. The highest BCUT2D eigenvalue weighted by molar-refractivity contribution is 5.95. The van der Waals surface area contributed by atoms with Gasteiger partial charge in [0.2, 0.25) is 0 Å². The lowest BCUT2D eigenvalue weighted by atomic mass is 9.89. The minimum atomic E-state index is -1.15. The molecule has 134 valence electrons. The molecule has 1 unspecified atom stereocenters. The predicted molar refractivity (Wildman–Crippen MR) is 90.1 cm³/mol. The quantitative estimate of drug-likeness (QED) is 0.921. The van der Waals surface area contributed by atoms with Gasteiger partial charge in [0, 0.05) is 18.5 Å². The molecule has 25 heavy (non-hydrogen) atoms. The number of likely N-dealkylation sites (tertiary alicyclic amines) is 1. The molecule has 4 rings (SSSR count). The Hall–Kier alpha value is -2.15. The monoisotopic (exact) mass is 344 g/mol. The van der Waals surface area contributed by atoms with Crippen LogP contribution in [-0.4, -0.2) is 44.0 Å². The molecule has 1 aliphatic carbocycles. The van der Waals surface area contributed by atoms with Crippen molar-refractivity contribution >= 4 is 5.91 Å². The van der Waals surface area contributed by atoms with Crippen LogP contribution < -0.4 is 0 Å². The number of carbonyl (C=O) groups excluding carboxylic acids is 1. The van der Waals surface area contributed by atoms with Crippen LogP contribution in [0.1, 0.15) is 73.3 Å². The molecule has 1 aliphatic heterocycles. The van der Waals surface area contributed by atoms with Crippen molar-refractivity contribution in [3.63, 3.8) is 0 Å². The van der Waals surface area contributed by atoms with E-state index in [4.69, 9.17) is 4.42 Å². The number of amides is 1. The molecule has 0 spiro atoms. The summed E-state index contributed by atoms with van der Waals surface area (Å²) in [6.45, 7) is 4.89. The molecule has 2 aromatic rings. The standard InChI is InChI=1S/C18H24N4O3/c1-12(2)22-10-15(19-20-22)18(24)7-3-8-21(11-18)17(23)14-6-9-25-16(14)13-4-5-13/h6,9-10,12-13,24H,3-5,7-8,11H2,1-2H3. The molecule has 0 aromatic carbocycles. The third kappa shape index (κ3) is 2.97. The van der Waals surface area contributed by atoms with E-state index < -0.39 is 5.60 Å². The lowest BCUT2D eigenvalue weighted by Gasteiger charge is -2.38. The van der Waals surface area contributed by atoms with E-state index in [1.165, 1.54) is 0 Å². The molecule has 2 fully saturated rings. The van der Waals surface area contributed by atoms with Crippen LogP contribution in [0.15, 0.2) is 22.9 Å².